The van der Waals surface area contributed by atoms with Gasteiger partial charge in [0.1, 0.15) is 30.1 Å². The van der Waals surface area contributed by atoms with Gasteiger partial charge in [0.25, 0.3) is 11.8 Å². The van der Waals surface area contributed by atoms with Crippen LogP contribution in [0.1, 0.15) is 26.9 Å². The van der Waals surface area contributed by atoms with Crippen molar-refractivity contribution >= 4 is 67.2 Å². The number of amides is 2. The van der Waals surface area contributed by atoms with Gasteiger partial charge in [-0.25, -0.2) is 4.98 Å². The first-order valence-corrected chi connectivity index (χ1v) is 12.3. The monoisotopic (exact) mass is 520 g/mol. The number of aromatic nitrogens is 3. The average molecular weight is 521 g/mol. The molecule has 7 rings (SSSR count). The number of alkyl halides is 1. The Hall–Kier alpha value is -3.54. The molecule has 10 nitrogen and oxygen atoms in total. The Bertz CT molecular complexity index is 1790. The highest BCUT2D eigenvalue weighted by molar-refractivity contribution is 6.39. The predicted octanol–water partition coefficient (Wildman–Crippen LogP) is 2.27. The van der Waals surface area contributed by atoms with Crippen molar-refractivity contribution in [3.63, 3.8) is 0 Å². The van der Waals surface area contributed by atoms with Gasteiger partial charge in [0, 0.05) is 40.3 Å². The Kier molecular flexibility index (Phi) is 4.73. The van der Waals surface area contributed by atoms with Crippen LogP contribution < -0.4 is 0 Å². The maximum absolute atomic E-state index is 13.5. The lowest BCUT2D eigenvalue weighted by atomic mass is 9.96. The molecule has 3 aromatic heterocycles. The fourth-order valence-electron chi connectivity index (χ4n) is 5.84. The second-order valence-electron chi connectivity index (χ2n) is 9.50. The molecule has 0 aliphatic carbocycles. The standard InChI is InChI=1S/C26H21ClN4O6/c1-30-24(35)16-14-10-5-2-3-7-12(10)29-18(14)19-15(17(16)25(30)36)11-6-4-8-28-23(11)31(19)26-22(34)21(33)20(32)13(9-27)37-26/h2-8,13,20-22,26,29,32-34H,9H2,1H3. The number of fused-ring (bicyclic) bond motifs is 10. The van der Waals surface area contributed by atoms with Crippen LogP contribution in [0, 0.1) is 0 Å². The van der Waals surface area contributed by atoms with Crippen LogP contribution in [0.25, 0.3) is 43.7 Å². The summed E-state index contributed by atoms with van der Waals surface area (Å²) in [5, 5.41) is 34.5. The second-order valence-corrected chi connectivity index (χ2v) is 9.81. The first-order valence-electron chi connectivity index (χ1n) is 11.8. The van der Waals surface area contributed by atoms with Gasteiger partial charge in [-0.05, 0) is 18.2 Å². The summed E-state index contributed by atoms with van der Waals surface area (Å²) < 4.78 is 7.68. The van der Waals surface area contributed by atoms with E-state index in [2.05, 4.69) is 9.97 Å². The molecular weight excluding hydrogens is 500 g/mol. The quantitative estimate of drug-likeness (QED) is 0.207. The molecule has 4 N–H and O–H groups in total. The highest BCUT2D eigenvalue weighted by atomic mass is 35.5. The highest BCUT2D eigenvalue weighted by Crippen LogP contribution is 2.46. The minimum absolute atomic E-state index is 0.124. The zero-order chi connectivity index (χ0) is 25.7. The summed E-state index contributed by atoms with van der Waals surface area (Å²) in [5.74, 6) is -0.975. The zero-order valence-electron chi connectivity index (χ0n) is 19.4. The van der Waals surface area contributed by atoms with E-state index < -0.39 is 42.5 Å². The molecule has 37 heavy (non-hydrogen) atoms. The van der Waals surface area contributed by atoms with E-state index in [9.17, 15) is 24.9 Å². The number of rotatable bonds is 2. The number of carbonyl (C=O) groups is 2. The molecule has 2 aliphatic rings. The van der Waals surface area contributed by atoms with Gasteiger partial charge in [-0.1, -0.05) is 18.2 Å². The first-order chi connectivity index (χ1) is 17.8. The lowest BCUT2D eigenvalue weighted by molar-refractivity contribution is -0.237. The summed E-state index contributed by atoms with van der Waals surface area (Å²) in [6.45, 7) is 0. The van der Waals surface area contributed by atoms with Crippen molar-refractivity contribution in [2.75, 3.05) is 12.9 Å². The molecule has 5 aromatic rings. The summed E-state index contributed by atoms with van der Waals surface area (Å²) in [6, 6.07) is 11.0. The smallest absolute Gasteiger partial charge is 0.262 e. The summed E-state index contributed by atoms with van der Waals surface area (Å²) in [5.41, 5.74) is 2.72. The summed E-state index contributed by atoms with van der Waals surface area (Å²) in [7, 11) is 1.45. The predicted molar refractivity (Wildman–Crippen MR) is 136 cm³/mol. The molecule has 188 valence electrons. The molecule has 5 atom stereocenters. The van der Waals surface area contributed by atoms with Gasteiger partial charge in [-0.2, -0.15) is 0 Å². The fraction of sp³-hybridized carbons (Fsp3) is 0.269. The minimum Gasteiger partial charge on any atom is -0.388 e. The van der Waals surface area contributed by atoms with Gasteiger partial charge in [0.05, 0.1) is 28.0 Å². The van der Waals surface area contributed by atoms with Crippen molar-refractivity contribution in [3.05, 3.63) is 53.7 Å². The second kappa shape index (κ2) is 7.73. The van der Waals surface area contributed by atoms with E-state index in [4.69, 9.17) is 16.3 Å². The molecule has 0 saturated carbocycles. The lowest BCUT2D eigenvalue weighted by Crippen LogP contribution is -2.56. The lowest BCUT2D eigenvalue weighted by Gasteiger charge is -2.40. The molecule has 0 bridgehead atoms. The molecular formula is C26H21ClN4O6. The number of hydrogen-bond donors (Lipinski definition) is 4. The maximum Gasteiger partial charge on any atom is 0.262 e. The van der Waals surface area contributed by atoms with Crippen LogP contribution in [-0.2, 0) is 4.74 Å². The maximum atomic E-state index is 13.5. The zero-order valence-corrected chi connectivity index (χ0v) is 20.2. The van der Waals surface area contributed by atoms with Crippen LogP contribution in [0.2, 0.25) is 0 Å². The van der Waals surface area contributed by atoms with E-state index in [1.165, 1.54) is 7.05 Å². The van der Waals surface area contributed by atoms with Gasteiger partial charge >= 0.3 is 0 Å². The molecule has 0 radical (unpaired) electrons. The Labute approximate surface area is 213 Å². The summed E-state index contributed by atoms with van der Waals surface area (Å²) in [4.78, 5) is 35.9. The van der Waals surface area contributed by atoms with Crippen LogP contribution in [0.15, 0.2) is 42.6 Å². The normalized spacial score (nSPS) is 26.3. The van der Waals surface area contributed by atoms with Crippen LogP contribution in [-0.4, -0.2) is 83.9 Å². The van der Waals surface area contributed by atoms with E-state index in [0.29, 0.717) is 38.4 Å². The number of nitrogens with zero attached hydrogens (tertiary/aromatic N) is 3. The van der Waals surface area contributed by atoms with Crippen molar-refractivity contribution in [2.45, 2.75) is 30.6 Å². The Morgan fingerprint density at radius 1 is 0.973 bits per heavy atom. The number of H-pyrrole nitrogens is 1. The SMILES string of the molecule is CN1C(=O)c2c(c3c4cccnc4n(C4OC(CCl)C(O)C(O)C4O)c3c3[nH]c4ccccc4c23)C1=O. The van der Waals surface area contributed by atoms with Crippen molar-refractivity contribution in [2.24, 2.45) is 0 Å². The molecule has 1 fully saturated rings. The molecule has 2 aliphatic heterocycles. The number of imide groups is 1. The molecule has 5 unspecified atom stereocenters. The molecule has 11 heteroatoms. The number of benzene rings is 2. The van der Waals surface area contributed by atoms with Crippen molar-refractivity contribution < 1.29 is 29.6 Å². The van der Waals surface area contributed by atoms with E-state index in [-0.39, 0.29) is 11.4 Å². The number of aromatic amines is 1. The van der Waals surface area contributed by atoms with Crippen LogP contribution in [0.3, 0.4) is 0 Å². The fourth-order valence-corrected chi connectivity index (χ4v) is 6.10. The number of nitrogens with one attached hydrogen (secondary N) is 1. The molecule has 1 saturated heterocycles. The molecule has 2 amide bonds. The minimum atomic E-state index is -1.54. The van der Waals surface area contributed by atoms with Crippen molar-refractivity contribution in [3.8, 4) is 0 Å². The topological polar surface area (TPSA) is 141 Å². The van der Waals surface area contributed by atoms with Gasteiger partial charge in [0.15, 0.2) is 6.23 Å². The van der Waals surface area contributed by atoms with Gasteiger partial charge in [-0.3, -0.25) is 19.1 Å². The highest BCUT2D eigenvalue weighted by Gasteiger charge is 2.46. The Balaban J connectivity index is 1.71. The van der Waals surface area contributed by atoms with Crippen LogP contribution in [0.4, 0.5) is 0 Å². The number of carbonyl (C=O) groups excluding carboxylic acids is 2. The van der Waals surface area contributed by atoms with E-state index >= 15 is 0 Å². The Morgan fingerprint density at radius 2 is 1.68 bits per heavy atom. The van der Waals surface area contributed by atoms with Gasteiger partial charge in [0.2, 0.25) is 0 Å². The summed E-state index contributed by atoms with van der Waals surface area (Å²) >= 11 is 6.03. The van der Waals surface area contributed by atoms with Crippen molar-refractivity contribution in [1.82, 2.24) is 19.4 Å². The van der Waals surface area contributed by atoms with Gasteiger partial charge < -0.3 is 25.0 Å². The molecule has 5 heterocycles. The van der Waals surface area contributed by atoms with Gasteiger partial charge in [-0.15, -0.1) is 11.6 Å². The third kappa shape index (κ3) is 2.76. The molecule has 0 spiro atoms. The van der Waals surface area contributed by atoms with Crippen LogP contribution in [0.5, 0.6) is 0 Å². The van der Waals surface area contributed by atoms with E-state index in [0.717, 1.165) is 15.8 Å². The third-order valence-corrected chi connectivity index (χ3v) is 7.89. The number of pyridine rings is 1. The molecule has 2 aromatic carbocycles. The number of ether oxygens (including phenoxy) is 1. The van der Waals surface area contributed by atoms with Crippen LogP contribution >= 0.6 is 11.6 Å². The number of hydrogen-bond acceptors (Lipinski definition) is 7. The Morgan fingerprint density at radius 3 is 2.43 bits per heavy atom. The average Bonchev–Trinajstić information content (AvgIpc) is 3.53. The number of aliphatic hydroxyl groups excluding tert-OH is 3. The van der Waals surface area contributed by atoms with E-state index in [1.54, 1.807) is 22.9 Å². The number of halogens is 1. The van der Waals surface area contributed by atoms with Crippen molar-refractivity contribution in [1.29, 1.82) is 0 Å². The number of aliphatic hydroxyl groups is 3. The first kappa shape index (κ1) is 22.6. The number of para-hydroxylation sites is 1. The van der Waals surface area contributed by atoms with E-state index in [1.807, 2.05) is 24.3 Å². The summed E-state index contributed by atoms with van der Waals surface area (Å²) in [6.07, 6.45) is -5.07. The third-order valence-electron chi connectivity index (χ3n) is 7.59. The largest absolute Gasteiger partial charge is 0.388 e.